The van der Waals surface area contributed by atoms with Crippen molar-refractivity contribution in [1.29, 1.82) is 0 Å². The molecule has 0 fully saturated rings. The summed E-state index contributed by atoms with van der Waals surface area (Å²) in [6, 6.07) is 7.84. The van der Waals surface area contributed by atoms with Crippen LogP contribution in [-0.4, -0.2) is 39.7 Å². The van der Waals surface area contributed by atoms with Gasteiger partial charge in [-0.2, -0.15) is 8.78 Å². The zero-order valence-corrected chi connectivity index (χ0v) is 14.9. The van der Waals surface area contributed by atoms with Crippen LogP contribution in [0.15, 0.2) is 47.4 Å². The molecule has 1 atom stereocenters. The van der Waals surface area contributed by atoms with Crippen molar-refractivity contribution in [2.24, 2.45) is 0 Å². The first-order valence-electron chi connectivity index (χ1n) is 7.61. The number of nitrogens with zero attached hydrogens (tertiary/aromatic N) is 1. The molecule has 2 rings (SSSR count). The molecule has 4 nitrogen and oxygen atoms in total. The number of likely N-dealkylation sites (N-methyl/N-ethyl adjacent to an activating group) is 1. The summed E-state index contributed by atoms with van der Waals surface area (Å²) < 4.78 is 77.4. The van der Waals surface area contributed by atoms with E-state index in [-0.39, 0.29) is 17.8 Å². The van der Waals surface area contributed by atoms with Gasteiger partial charge in [0.05, 0.1) is 16.6 Å². The van der Waals surface area contributed by atoms with E-state index in [1.807, 2.05) is 0 Å². The normalized spacial score (nSPS) is 13.2. The monoisotopic (exact) mass is 390 g/mol. The van der Waals surface area contributed by atoms with Crippen molar-refractivity contribution in [2.75, 3.05) is 26.0 Å². The number of halogens is 4. The van der Waals surface area contributed by atoms with Crippen molar-refractivity contribution in [3.8, 4) is 0 Å². The van der Waals surface area contributed by atoms with Crippen LogP contribution in [0.2, 0.25) is 0 Å². The first-order valence-corrected chi connectivity index (χ1v) is 9.16. The van der Waals surface area contributed by atoms with Gasteiger partial charge in [-0.1, -0.05) is 18.2 Å². The number of benzene rings is 2. The second-order valence-corrected chi connectivity index (χ2v) is 7.68. The molecule has 0 aliphatic heterocycles. The van der Waals surface area contributed by atoms with Crippen molar-refractivity contribution in [3.05, 3.63) is 59.7 Å². The molecule has 2 aromatic rings. The van der Waals surface area contributed by atoms with E-state index in [1.54, 1.807) is 19.0 Å². The molecule has 2 aromatic carbocycles. The number of hydrogen-bond acceptors (Lipinski definition) is 4. The lowest BCUT2D eigenvalue weighted by molar-refractivity contribution is 0.235. The van der Waals surface area contributed by atoms with Gasteiger partial charge in [0.1, 0.15) is 11.6 Å². The second kappa shape index (κ2) is 8.05. The Kier molecular flexibility index (Phi) is 6.25. The summed E-state index contributed by atoms with van der Waals surface area (Å²) in [5.74, 6) is -5.07. The van der Waals surface area contributed by atoms with Crippen LogP contribution in [-0.2, 0) is 9.84 Å². The van der Waals surface area contributed by atoms with Gasteiger partial charge in [-0.25, -0.2) is 17.2 Å². The van der Waals surface area contributed by atoms with Crippen LogP contribution in [0.1, 0.15) is 11.6 Å². The summed E-state index contributed by atoms with van der Waals surface area (Å²) in [6.45, 7) is -0.0966. The molecule has 0 radical (unpaired) electrons. The number of sulfone groups is 1. The Labute approximate surface area is 149 Å². The second-order valence-electron chi connectivity index (χ2n) is 5.80. The van der Waals surface area contributed by atoms with Crippen LogP contribution in [0.25, 0.3) is 0 Å². The molecule has 0 saturated carbocycles. The van der Waals surface area contributed by atoms with Crippen molar-refractivity contribution in [3.63, 3.8) is 0 Å². The Morgan fingerprint density at radius 1 is 1.00 bits per heavy atom. The first kappa shape index (κ1) is 20.2. The highest BCUT2D eigenvalue weighted by Gasteiger charge is 2.29. The smallest absolute Gasteiger partial charge is 0.341 e. The van der Waals surface area contributed by atoms with Gasteiger partial charge in [-0.05, 0) is 38.4 Å². The topological polar surface area (TPSA) is 49.4 Å². The summed E-state index contributed by atoms with van der Waals surface area (Å²) in [6.07, 6.45) is 0. The molecule has 0 spiro atoms. The highest BCUT2D eigenvalue weighted by molar-refractivity contribution is 7.91. The van der Waals surface area contributed by atoms with Gasteiger partial charge in [0.25, 0.3) is 0 Å². The molecule has 142 valence electrons. The average molecular weight is 390 g/mol. The number of rotatable bonds is 7. The van der Waals surface area contributed by atoms with E-state index in [0.717, 1.165) is 18.2 Å². The van der Waals surface area contributed by atoms with Crippen LogP contribution in [0.5, 0.6) is 0 Å². The third kappa shape index (κ3) is 4.16. The molecule has 0 aliphatic rings. The van der Waals surface area contributed by atoms with Gasteiger partial charge in [0, 0.05) is 12.1 Å². The maximum absolute atomic E-state index is 14.1. The summed E-state index contributed by atoms with van der Waals surface area (Å²) in [7, 11) is -1.62. The molecule has 1 unspecified atom stereocenters. The average Bonchev–Trinajstić information content (AvgIpc) is 2.57. The maximum atomic E-state index is 14.1. The van der Waals surface area contributed by atoms with Gasteiger partial charge in [0.15, 0.2) is 0 Å². The van der Waals surface area contributed by atoms with Crippen molar-refractivity contribution in [2.45, 2.75) is 16.7 Å². The number of alkyl halides is 2. The molecule has 0 heterocycles. The van der Waals surface area contributed by atoms with E-state index in [9.17, 15) is 26.0 Å². The third-order valence-corrected chi connectivity index (χ3v) is 5.31. The Balaban J connectivity index is 2.35. The molecule has 0 aliphatic carbocycles. The third-order valence-electron chi connectivity index (χ3n) is 3.87. The van der Waals surface area contributed by atoms with Crippen LogP contribution in [0.4, 0.5) is 23.2 Å². The van der Waals surface area contributed by atoms with E-state index < -0.39 is 38.2 Å². The lowest BCUT2D eigenvalue weighted by Gasteiger charge is -2.26. The molecule has 0 aromatic heterocycles. The molecule has 0 amide bonds. The van der Waals surface area contributed by atoms with Gasteiger partial charge in [0.2, 0.25) is 9.84 Å². The fourth-order valence-corrected chi connectivity index (χ4v) is 3.44. The number of nitrogens with one attached hydrogen (secondary N) is 1. The van der Waals surface area contributed by atoms with E-state index in [4.69, 9.17) is 0 Å². The number of anilines is 1. The molecular weight excluding hydrogens is 372 g/mol. The number of para-hydroxylation sites is 1. The molecular formula is C17H18F4N2O2S. The highest BCUT2D eigenvalue weighted by Crippen LogP contribution is 2.29. The van der Waals surface area contributed by atoms with Crippen LogP contribution < -0.4 is 5.32 Å². The predicted molar refractivity (Wildman–Crippen MR) is 90.9 cm³/mol. The van der Waals surface area contributed by atoms with Crippen LogP contribution in [0, 0.1) is 11.6 Å². The minimum absolute atomic E-state index is 0.0589. The lowest BCUT2D eigenvalue weighted by atomic mass is 10.0. The van der Waals surface area contributed by atoms with E-state index in [1.165, 1.54) is 24.3 Å². The van der Waals surface area contributed by atoms with E-state index in [2.05, 4.69) is 5.32 Å². The molecule has 26 heavy (non-hydrogen) atoms. The van der Waals surface area contributed by atoms with E-state index >= 15 is 0 Å². The lowest BCUT2D eigenvalue weighted by Crippen LogP contribution is -2.29. The Bertz CT molecular complexity index is 853. The molecule has 1 N–H and O–H groups in total. The van der Waals surface area contributed by atoms with Gasteiger partial charge < -0.3 is 10.2 Å². The molecule has 0 saturated heterocycles. The zero-order valence-electron chi connectivity index (χ0n) is 14.1. The molecule has 0 bridgehead atoms. The predicted octanol–water partition coefficient (Wildman–Crippen LogP) is 3.68. The minimum atomic E-state index is -4.81. The highest BCUT2D eigenvalue weighted by atomic mass is 32.2. The fourth-order valence-electron chi connectivity index (χ4n) is 2.54. The quantitative estimate of drug-likeness (QED) is 0.733. The summed E-state index contributed by atoms with van der Waals surface area (Å²) in [4.78, 5) is 0.972. The summed E-state index contributed by atoms with van der Waals surface area (Å²) in [5.41, 5.74) is -0.254. The van der Waals surface area contributed by atoms with Crippen molar-refractivity contribution >= 4 is 15.5 Å². The molecule has 9 heteroatoms. The fraction of sp³-hybridized carbons (Fsp3) is 0.294. The Hall–Kier alpha value is -2.13. The first-order chi connectivity index (χ1) is 12.2. The Morgan fingerprint density at radius 3 is 2.12 bits per heavy atom. The van der Waals surface area contributed by atoms with Gasteiger partial charge in [-0.15, -0.1) is 0 Å². The largest absolute Gasteiger partial charge is 0.382 e. The zero-order chi connectivity index (χ0) is 19.5. The SMILES string of the molecule is CN(C)C(CNc1ccccc1S(=O)(=O)C(F)F)c1c(F)cccc1F. The van der Waals surface area contributed by atoms with Gasteiger partial charge in [-0.3, -0.25) is 0 Å². The minimum Gasteiger partial charge on any atom is -0.382 e. The summed E-state index contributed by atoms with van der Waals surface area (Å²) in [5, 5.41) is 2.72. The summed E-state index contributed by atoms with van der Waals surface area (Å²) >= 11 is 0. The van der Waals surface area contributed by atoms with Crippen LogP contribution >= 0.6 is 0 Å². The Morgan fingerprint density at radius 2 is 1.58 bits per heavy atom. The van der Waals surface area contributed by atoms with Crippen LogP contribution in [0.3, 0.4) is 0 Å². The van der Waals surface area contributed by atoms with E-state index in [0.29, 0.717) is 0 Å². The maximum Gasteiger partial charge on any atom is 0.341 e. The number of hydrogen-bond donors (Lipinski definition) is 1. The van der Waals surface area contributed by atoms with Crippen molar-refractivity contribution in [1.82, 2.24) is 4.90 Å². The van der Waals surface area contributed by atoms with Gasteiger partial charge >= 0.3 is 5.76 Å². The standard InChI is InChI=1S/C17H18F4N2O2S/c1-23(2)14(16-11(18)6-5-7-12(16)19)10-22-13-8-3-4-9-15(13)26(24,25)17(20)21/h3-9,14,17,22H,10H2,1-2H3. The van der Waals surface area contributed by atoms with Crippen molar-refractivity contribution < 1.29 is 26.0 Å².